The highest BCUT2D eigenvalue weighted by Crippen LogP contribution is 2.34. The quantitative estimate of drug-likeness (QED) is 0.516. The van der Waals surface area contributed by atoms with Crippen LogP contribution in [0.15, 0.2) is 77.6 Å². The number of fused-ring (bicyclic) bond motifs is 1. The minimum Gasteiger partial charge on any atom is -0.506 e. The van der Waals surface area contributed by atoms with E-state index in [-0.39, 0.29) is 16.9 Å². The van der Waals surface area contributed by atoms with Crippen molar-refractivity contribution < 1.29 is 9.84 Å². The second kappa shape index (κ2) is 6.58. The molecule has 1 heterocycles. The number of halogens is 1. The topological polar surface area (TPSA) is 62.3 Å². The Morgan fingerprint density at radius 2 is 1.58 bits per heavy atom. The van der Waals surface area contributed by atoms with Crippen LogP contribution in [-0.2, 0) is 0 Å². The first-order valence-electron chi connectivity index (χ1n) is 8.00. The van der Waals surface area contributed by atoms with Crippen LogP contribution in [0, 0.1) is 0 Å². The van der Waals surface area contributed by atoms with Crippen molar-refractivity contribution in [3.63, 3.8) is 0 Å². The lowest BCUT2D eigenvalue weighted by atomic mass is 10.0. The van der Waals surface area contributed by atoms with E-state index in [1.165, 1.54) is 0 Å². The van der Waals surface area contributed by atoms with E-state index >= 15 is 0 Å². The number of ether oxygens (including phenoxy) is 1. The maximum Gasteiger partial charge on any atom is 0.260 e. The first-order chi connectivity index (χ1) is 12.6. The minimum atomic E-state index is -0.340. The summed E-state index contributed by atoms with van der Waals surface area (Å²) >= 11 is 5.88. The van der Waals surface area contributed by atoms with E-state index in [0.29, 0.717) is 33.0 Å². The molecule has 2 N–H and O–H groups in total. The van der Waals surface area contributed by atoms with Gasteiger partial charge in [0.05, 0.1) is 11.1 Å². The molecule has 0 saturated carbocycles. The van der Waals surface area contributed by atoms with Gasteiger partial charge in [-0.2, -0.15) is 0 Å². The molecule has 0 unspecified atom stereocenters. The van der Waals surface area contributed by atoms with Crippen molar-refractivity contribution in [3.05, 3.63) is 88.2 Å². The number of aromatic amines is 1. The molecule has 3 aromatic carbocycles. The van der Waals surface area contributed by atoms with Crippen molar-refractivity contribution >= 4 is 22.5 Å². The maximum atomic E-state index is 12.4. The number of aromatic nitrogens is 1. The van der Waals surface area contributed by atoms with Crippen molar-refractivity contribution in [1.82, 2.24) is 4.98 Å². The lowest BCUT2D eigenvalue weighted by Crippen LogP contribution is -2.09. The molecule has 0 aliphatic carbocycles. The standard InChI is InChI=1S/C21H14ClNO3/c22-14-6-8-15(9-7-14)26-16-10-11-18-17(12-16)20(24)19(21(25)23-18)13-4-2-1-3-5-13/h1-12H,(H2,23,24,25). The van der Waals surface area contributed by atoms with Gasteiger partial charge in [-0.25, -0.2) is 0 Å². The average Bonchev–Trinajstić information content (AvgIpc) is 2.65. The van der Waals surface area contributed by atoms with Gasteiger partial charge in [-0.15, -0.1) is 0 Å². The summed E-state index contributed by atoms with van der Waals surface area (Å²) in [7, 11) is 0. The van der Waals surface area contributed by atoms with Gasteiger partial charge in [0, 0.05) is 10.4 Å². The fraction of sp³-hybridized carbons (Fsp3) is 0. The average molecular weight is 364 g/mol. The third-order valence-electron chi connectivity index (χ3n) is 4.07. The Hall–Kier alpha value is -3.24. The molecule has 0 aliphatic rings. The molecule has 0 radical (unpaired) electrons. The Kier molecular flexibility index (Phi) is 4.11. The number of nitrogens with one attached hydrogen (secondary N) is 1. The molecular formula is C21H14ClNO3. The van der Waals surface area contributed by atoms with E-state index in [9.17, 15) is 9.90 Å². The van der Waals surface area contributed by atoms with Gasteiger partial charge in [-0.1, -0.05) is 41.9 Å². The van der Waals surface area contributed by atoms with E-state index in [4.69, 9.17) is 16.3 Å². The molecular weight excluding hydrogens is 350 g/mol. The molecule has 0 atom stereocenters. The lowest BCUT2D eigenvalue weighted by molar-refractivity contribution is 0.476. The fourth-order valence-corrected chi connectivity index (χ4v) is 2.96. The second-order valence-corrected chi connectivity index (χ2v) is 6.24. The van der Waals surface area contributed by atoms with Gasteiger partial charge < -0.3 is 14.8 Å². The normalized spacial score (nSPS) is 10.8. The molecule has 4 aromatic rings. The van der Waals surface area contributed by atoms with Crippen LogP contribution in [0.5, 0.6) is 17.2 Å². The molecule has 0 fully saturated rings. The number of benzene rings is 3. The third kappa shape index (κ3) is 3.03. The van der Waals surface area contributed by atoms with Gasteiger partial charge in [-0.3, -0.25) is 4.79 Å². The summed E-state index contributed by atoms with van der Waals surface area (Å²) < 4.78 is 5.81. The van der Waals surface area contributed by atoms with Crippen LogP contribution in [0.2, 0.25) is 5.02 Å². The van der Waals surface area contributed by atoms with E-state index in [0.717, 1.165) is 0 Å². The molecule has 5 heteroatoms. The summed E-state index contributed by atoms with van der Waals surface area (Å²) in [6, 6.07) is 21.2. The minimum absolute atomic E-state index is 0.0727. The zero-order valence-corrected chi connectivity index (χ0v) is 14.3. The molecule has 4 rings (SSSR count). The van der Waals surface area contributed by atoms with Crippen LogP contribution in [0.4, 0.5) is 0 Å². The fourth-order valence-electron chi connectivity index (χ4n) is 2.83. The van der Waals surface area contributed by atoms with Crippen LogP contribution >= 0.6 is 11.6 Å². The number of pyridine rings is 1. The number of hydrogen-bond donors (Lipinski definition) is 2. The molecule has 128 valence electrons. The molecule has 26 heavy (non-hydrogen) atoms. The Labute approximate surface area is 154 Å². The smallest absolute Gasteiger partial charge is 0.260 e. The molecule has 1 aromatic heterocycles. The molecule has 0 amide bonds. The second-order valence-electron chi connectivity index (χ2n) is 5.81. The number of H-pyrrole nitrogens is 1. The molecule has 0 bridgehead atoms. The first-order valence-corrected chi connectivity index (χ1v) is 8.37. The monoisotopic (exact) mass is 363 g/mol. The summed E-state index contributed by atoms with van der Waals surface area (Å²) in [5, 5.41) is 11.9. The van der Waals surface area contributed by atoms with Gasteiger partial charge in [0.25, 0.3) is 5.56 Å². The van der Waals surface area contributed by atoms with Crippen LogP contribution in [-0.4, -0.2) is 10.1 Å². The predicted octanol–water partition coefficient (Wildman–Crippen LogP) is 5.35. The first kappa shape index (κ1) is 16.2. The largest absolute Gasteiger partial charge is 0.506 e. The van der Waals surface area contributed by atoms with Crippen LogP contribution < -0.4 is 10.3 Å². The number of rotatable bonds is 3. The van der Waals surface area contributed by atoms with E-state index in [1.54, 1.807) is 54.6 Å². The van der Waals surface area contributed by atoms with Gasteiger partial charge in [0.2, 0.25) is 0 Å². The highest BCUT2D eigenvalue weighted by molar-refractivity contribution is 6.30. The van der Waals surface area contributed by atoms with Crippen molar-refractivity contribution in [2.45, 2.75) is 0 Å². The van der Waals surface area contributed by atoms with E-state index in [2.05, 4.69) is 4.98 Å². The zero-order chi connectivity index (χ0) is 18.1. The summed E-state index contributed by atoms with van der Waals surface area (Å²) in [4.78, 5) is 15.2. The van der Waals surface area contributed by atoms with Crippen molar-refractivity contribution in [2.75, 3.05) is 0 Å². The summed E-state index contributed by atoms with van der Waals surface area (Å²) in [6.07, 6.45) is 0. The Balaban J connectivity index is 1.82. The lowest BCUT2D eigenvalue weighted by Gasteiger charge is -2.10. The zero-order valence-electron chi connectivity index (χ0n) is 13.6. The molecule has 4 nitrogen and oxygen atoms in total. The summed E-state index contributed by atoms with van der Waals surface area (Å²) in [5.41, 5.74) is 1.09. The van der Waals surface area contributed by atoms with Crippen LogP contribution in [0.3, 0.4) is 0 Å². The Bertz CT molecular complexity index is 1140. The predicted molar refractivity (Wildman–Crippen MR) is 103 cm³/mol. The van der Waals surface area contributed by atoms with Crippen molar-refractivity contribution in [2.24, 2.45) is 0 Å². The third-order valence-corrected chi connectivity index (χ3v) is 4.32. The summed E-state index contributed by atoms with van der Waals surface area (Å²) in [6.45, 7) is 0. The Morgan fingerprint density at radius 3 is 2.31 bits per heavy atom. The Morgan fingerprint density at radius 1 is 0.885 bits per heavy atom. The summed E-state index contributed by atoms with van der Waals surface area (Å²) in [5.74, 6) is 1.10. The van der Waals surface area contributed by atoms with Crippen molar-refractivity contribution in [3.8, 4) is 28.4 Å². The highest BCUT2D eigenvalue weighted by Gasteiger charge is 2.14. The van der Waals surface area contributed by atoms with E-state index < -0.39 is 0 Å². The van der Waals surface area contributed by atoms with Crippen molar-refractivity contribution in [1.29, 1.82) is 0 Å². The van der Waals surface area contributed by atoms with Gasteiger partial charge in [-0.05, 0) is 48.0 Å². The van der Waals surface area contributed by atoms with Gasteiger partial charge in [0.1, 0.15) is 17.2 Å². The number of hydrogen-bond acceptors (Lipinski definition) is 3. The van der Waals surface area contributed by atoms with Gasteiger partial charge >= 0.3 is 0 Å². The molecule has 0 spiro atoms. The molecule has 0 saturated heterocycles. The number of aromatic hydroxyl groups is 1. The maximum absolute atomic E-state index is 12.4. The van der Waals surface area contributed by atoms with E-state index in [1.807, 2.05) is 18.2 Å². The molecule has 0 aliphatic heterocycles. The van der Waals surface area contributed by atoms with Crippen LogP contribution in [0.25, 0.3) is 22.0 Å². The SMILES string of the molecule is O=c1[nH]c2ccc(Oc3ccc(Cl)cc3)cc2c(O)c1-c1ccccc1. The van der Waals surface area contributed by atoms with Crippen LogP contribution in [0.1, 0.15) is 0 Å². The highest BCUT2D eigenvalue weighted by atomic mass is 35.5. The van der Waals surface area contributed by atoms with Gasteiger partial charge in [0.15, 0.2) is 0 Å².